The van der Waals surface area contributed by atoms with Crippen LogP contribution < -0.4 is 10.2 Å². The highest BCUT2D eigenvalue weighted by molar-refractivity contribution is 7.17. The van der Waals surface area contributed by atoms with E-state index in [0.717, 1.165) is 48.1 Å². The smallest absolute Gasteiger partial charge is 0.263 e. The second kappa shape index (κ2) is 8.16. The Bertz CT molecular complexity index is 883. The molecule has 8 heteroatoms. The number of piperazine rings is 1. The minimum Gasteiger partial charge on any atom is -0.354 e. The maximum atomic E-state index is 12.4. The number of thiazole rings is 1. The lowest BCUT2D eigenvalue weighted by atomic mass is 10.2. The monoisotopic (exact) mass is 399 g/mol. The van der Waals surface area contributed by atoms with Gasteiger partial charge in [0.2, 0.25) is 0 Å². The summed E-state index contributed by atoms with van der Waals surface area (Å²) in [5.41, 5.74) is 2.05. The van der Waals surface area contributed by atoms with Gasteiger partial charge < -0.3 is 15.1 Å². The van der Waals surface area contributed by atoms with E-state index in [9.17, 15) is 4.79 Å². The van der Waals surface area contributed by atoms with E-state index in [1.807, 2.05) is 35.2 Å². The maximum Gasteiger partial charge on any atom is 0.263 e. The molecule has 6 nitrogen and oxygen atoms in total. The van der Waals surface area contributed by atoms with Crippen LogP contribution in [0.5, 0.6) is 0 Å². The van der Waals surface area contributed by atoms with E-state index < -0.39 is 0 Å². The van der Waals surface area contributed by atoms with Crippen molar-refractivity contribution in [3.63, 3.8) is 0 Å². The largest absolute Gasteiger partial charge is 0.354 e. The minimum absolute atomic E-state index is 0.0999. The molecule has 0 saturated carbocycles. The van der Waals surface area contributed by atoms with Gasteiger partial charge >= 0.3 is 0 Å². The van der Waals surface area contributed by atoms with Crippen LogP contribution in [-0.2, 0) is 6.54 Å². The van der Waals surface area contributed by atoms with Gasteiger partial charge in [0, 0.05) is 49.9 Å². The summed E-state index contributed by atoms with van der Waals surface area (Å²) in [6.07, 6.45) is 3.49. The van der Waals surface area contributed by atoms with Crippen molar-refractivity contribution in [1.29, 1.82) is 0 Å². The summed E-state index contributed by atoms with van der Waals surface area (Å²) in [6, 6.07) is 6.08. The molecule has 0 spiro atoms. The van der Waals surface area contributed by atoms with Gasteiger partial charge in [-0.25, -0.2) is 9.97 Å². The molecule has 1 N–H and O–H groups in total. The third-order valence-electron chi connectivity index (χ3n) is 4.59. The fraction of sp³-hybridized carbons (Fsp3) is 0.316. The number of likely N-dealkylation sites (N-methyl/N-ethyl adjacent to an activating group) is 1. The molecule has 3 aromatic rings. The van der Waals surface area contributed by atoms with Gasteiger partial charge in [-0.3, -0.25) is 4.79 Å². The SMILES string of the molecule is CN1CCN(c2ccc(CNC(=O)c3cnc(-c4ccsc4)s3)cn2)CC1. The summed E-state index contributed by atoms with van der Waals surface area (Å²) in [5, 5.41) is 7.87. The van der Waals surface area contributed by atoms with Crippen molar-refractivity contribution in [1.82, 2.24) is 20.2 Å². The lowest BCUT2D eigenvalue weighted by Crippen LogP contribution is -2.44. The zero-order valence-electron chi connectivity index (χ0n) is 15.1. The van der Waals surface area contributed by atoms with Crippen molar-refractivity contribution in [3.05, 3.63) is 51.8 Å². The Morgan fingerprint density at radius 1 is 1.15 bits per heavy atom. The van der Waals surface area contributed by atoms with Crippen molar-refractivity contribution < 1.29 is 4.79 Å². The Labute approximate surface area is 166 Å². The van der Waals surface area contributed by atoms with Crippen molar-refractivity contribution in [2.45, 2.75) is 6.54 Å². The Balaban J connectivity index is 1.32. The number of pyridine rings is 1. The molecular weight excluding hydrogens is 378 g/mol. The molecule has 0 bridgehead atoms. The van der Waals surface area contributed by atoms with Crippen LogP contribution in [-0.4, -0.2) is 54.0 Å². The molecule has 3 aromatic heterocycles. The number of carbonyl (C=O) groups excluding carboxylic acids is 1. The molecule has 1 amide bonds. The molecule has 0 unspecified atom stereocenters. The number of hydrogen-bond donors (Lipinski definition) is 1. The molecule has 1 aliphatic rings. The molecule has 1 fully saturated rings. The molecule has 1 aliphatic heterocycles. The number of carbonyl (C=O) groups is 1. The van der Waals surface area contributed by atoms with Crippen molar-refractivity contribution in [2.75, 3.05) is 38.1 Å². The number of aromatic nitrogens is 2. The molecule has 0 aliphatic carbocycles. The topological polar surface area (TPSA) is 61.4 Å². The van der Waals surface area contributed by atoms with Gasteiger partial charge in [-0.1, -0.05) is 6.07 Å². The van der Waals surface area contributed by atoms with Gasteiger partial charge in [-0.05, 0) is 30.1 Å². The van der Waals surface area contributed by atoms with Crippen LogP contribution in [0.4, 0.5) is 5.82 Å². The first-order valence-electron chi connectivity index (χ1n) is 8.84. The number of hydrogen-bond acceptors (Lipinski definition) is 7. The first-order chi connectivity index (χ1) is 13.2. The highest BCUT2D eigenvalue weighted by atomic mass is 32.1. The average Bonchev–Trinajstić information content (AvgIpc) is 3.39. The van der Waals surface area contributed by atoms with E-state index in [2.05, 4.69) is 32.1 Å². The van der Waals surface area contributed by atoms with Crippen LogP contribution in [0.15, 0.2) is 41.4 Å². The molecular formula is C19H21N5OS2. The van der Waals surface area contributed by atoms with Crippen LogP contribution in [0.3, 0.4) is 0 Å². The average molecular weight is 400 g/mol. The first kappa shape index (κ1) is 18.1. The Hall–Kier alpha value is -2.29. The van der Waals surface area contributed by atoms with Crippen molar-refractivity contribution >= 4 is 34.4 Å². The standard InChI is InChI=1S/C19H21N5OS2/c1-23-5-7-24(8-6-23)17-3-2-14(10-20-17)11-21-18(25)16-12-22-19(27-16)15-4-9-26-13-15/h2-4,9-10,12-13H,5-8,11H2,1H3,(H,21,25). The molecule has 0 radical (unpaired) electrons. The second-order valence-corrected chi connectivity index (χ2v) is 8.35. The van der Waals surface area contributed by atoms with Crippen molar-refractivity contribution in [3.8, 4) is 10.6 Å². The van der Waals surface area contributed by atoms with E-state index in [1.54, 1.807) is 17.5 Å². The molecule has 0 aromatic carbocycles. The first-order valence-corrected chi connectivity index (χ1v) is 10.6. The summed E-state index contributed by atoms with van der Waals surface area (Å²) in [5.74, 6) is 0.901. The lowest BCUT2D eigenvalue weighted by Gasteiger charge is -2.33. The lowest BCUT2D eigenvalue weighted by molar-refractivity contribution is 0.0954. The summed E-state index contributed by atoms with van der Waals surface area (Å²) in [4.78, 5) is 26.5. The summed E-state index contributed by atoms with van der Waals surface area (Å²) in [7, 11) is 2.14. The Morgan fingerprint density at radius 3 is 2.70 bits per heavy atom. The van der Waals surface area contributed by atoms with Crippen molar-refractivity contribution in [2.24, 2.45) is 0 Å². The number of nitrogens with one attached hydrogen (secondary N) is 1. The van der Waals surface area contributed by atoms with Gasteiger partial charge in [-0.2, -0.15) is 11.3 Å². The number of nitrogens with zero attached hydrogens (tertiary/aromatic N) is 4. The summed E-state index contributed by atoms with van der Waals surface area (Å²) < 4.78 is 0. The maximum absolute atomic E-state index is 12.4. The molecule has 4 rings (SSSR count). The molecule has 140 valence electrons. The van der Waals surface area contributed by atoms with Crippen LogP contribution in [0.1, 0.15) is 15.2 Å². The Morgan fingerprint density at radius 2 is 2.00 bits per heavy atom. The van der Waals surface area contributed by atoms with E-state index >= 15 is 0 Å². The van der Waals surface area contributed by atoms with Gasteiger partial charge in [0.1, 0.15) is 15.7 Å². The third kappa shape index (κ3) is 4.35. The number of thiophene rings is 1. The van der Waals surface area contributed by atoms with Crippen LogP contribution in [0, 0.1) is 0 Å². The number of anilines is 1. The Kier molecular flexibility index (Phi) is 5.47. The summed E-state index contributed by atoms with van der Waals surface area (Å²) in [6.45, 7) is 4.57. The second-order valence-electron chi connectivity index (χ2n) is 6.54. The van der Waals surface area contributed by atoms with Gasteiger partial charge in [0.05, 0.1) is 6.20 Å². The van der Waals surface area contributed by atoms with E-state index in [1.165, 1.54) is 11.3 Å². The normalized spacial score (nSPS) is 15.1. The summed E-state index contributed by atoms with van der Waals surface area (Å²) >= 11 is 3.04. The van der Waals surface area contributed by atoms with Crippen LogP contribution in [0.25, 0.3) is 10.6 Å². The minimum atomic E-state index is -0.0999. The van der Waals surface area contributed by atoms with E-state index in [-0.39, 0.29) is 5.91 Å². The van der Waals surface area contributed by atoms with E-state index in [4.69, 9.17) is 0 Å². The third-order valence-corrected chi connectivity index (χ3v) is 6.32. The zero-order valence-corrected chi connectivity index (χ0v) is 16.7. The van der Waals surface area contributed by atoms with E-state index in [0.29, 0.717) is 11.4 Å². The number of rotatable bonds is 5. The zero-order chi connectivity index (χ0) is 18.6. The predicted octanol–water partition coefficient (Wildman–Crippen LogP) is 2.95. The number of amides is 1. The predicted molar refractivity (Wildman–Crippen MR) is 111 cm³/mol. The molecule has 27 heavy (non-hydrogen) atoms. The van der Waals surface area contributed by atoms with Gasteiger partial charge in [-0.15, -0.1) is 11.3 Å². The fourth-order valence-electron chi connectivity index (χ4n) is 2.91. The van der Waals surface area contributed by atoms with Gasteiger partial charge in [0.15, 0.2) is 0 Å². The molecule has 4 heterocycles. The quantitative estimate of drug-likeness (QED) is 0.715. The fourth-order valence-corrected chi connectivity index (χ4v) is 4.46. The molecule has 0 atom stereocenters. The highest BCUT2D eigenvalue weighted by Gasteiger charge is 2.15. The van der Waals surface area contributed by atoms with Crippen LogP contribution in [0.2, 0.25) is 0 Å². The highest BCUT2D eigenvalue weighted by Crippen LogP contribution is 2.26. The van der Waals surface area contributed by atoms with Crippen LogP contribution >= 0.6 is 22.7 Å². The van der Waals surface area contributed by atoms with Gasteiger partial charge in [0.25, 0.3) is 5.91 Å². The molecule has 1 saturated heterocycles.